The second-order valence-corrected chi connectivity index (χ2v) is 8.71. The number of unbranched alkanes of at least 4 members (excludes halogenated alkanes) is 2. The van der Waals surface area contributed by atoms with Crippen LogP contribution in [0.5, 0.6) is 0 Å². The molecule has 7 heteroatoms. The molecule has 2 aliphatic rings. The van der Waals surface area contributed by atoms with Gasteiger partial charge in [-0.2, -0.15) is 4.80 Å². The summed E-state index contributed by atoms with van der Waals surface area (Å²) in [6.45, 7) is 5.75. The third kappa shape index (κ3) is 5.88. The van der Waals surface area contributed by atoms with Crippen molar-refractivity contribution in [2.24, 2.45) is 5.92 Å². The Hall–Kier alpha value is -2.28. The number of tetrazole rings is 1. The minimum atomic E-state index is 0.386. The first-order valence-electron chi connectivity index (χ1n) is 11.6. The average molecular weight is 411 g/mol. The largest absolute Gasteiger partial charge is 0.340 e. The van der Waals surface area contributed by atoms with E-state index in [0.717, 1.165) is 64.1 Å². The van der Waals surface area contributed by atoms with Crippen molar-refractivity contribution in [3.05, 3.63) is 30.3 Å². The first kappa shape index (κ1) is 21.0. The van der Waals surface area contributed by atoms with Gasteiger partial charge in [0.05, 0.1) is 6.54 Å². The van der Waals surface area contributed by atoms with Gasteiger partial charge in [-0.15, -0.1) is 10.2 Å². The lowest BCUT2D eigenvalue weighted by atomic mass is 10.0. The molecule has 1 aromatic heterocycles. The zero-order valence-corrected chi connectivity index (χ0v) is 18.0. The Morgan fingerprint density at radius 3 is 2.43 bits per heavy atom. The predicted molar refractivity (Wildman–Crippen MR) is 117 cm³/mol. The van der Waals surface area contributed by atoms with E-state index < -0.39 is 0 Å². The van der Waals surface area contributed by atoms with Crippen molar-refractivity contribution >= 4 is 5.91 Å². The number of amides is 1. The zero-order valence-electron chi connectivity index (χ0n) is 18.0. The van der Waals surface area contributed by atoms with Crippen molar-refractivity contribution < 1.29 is 4.79 Å². The number of piperazine rings is 1. The molecule has 0 bridgehead atoms. The maximum Gasteiger partial charge on any atom is 0.222 e. The van der Waals surface area contributed by atoms with E-state index in [4.69, 9.17) is 0 Å². The molecular formula is C23H34N6O. The van der Waals surface area contributed by atoms with Gasteiger partial charge in [0.1, 0.15) is 0 Å². The molecule has 1 aliphatic carbocycles. The molecule has 2 heterocycles. The summed E-state index contributed by atoms with van der Waals surface area (Å²) in [5, 5.41) is 12.8. The number of aryl methyl sites for hydroxylation is 1. The lowest BCUT2D eigenvalue weighted by molar-refractivity contribution is -0.133. The average Bonchev–Trinajstić information content (AvgIpc) is 3.47. The van der Waals surface area contributed by atoms with Gasteiger partial charge < -0.3 is 4.90 Å². The summed E-state index contributed by atoms with van der Waals surface area (Å²) in [7, 11) is 0. The fourth-order valence-electron chi connectivity index (χ4n) is 4.62. The first-order valence-corrected chi connectivity index (χ1v) is 11.6. The van der Waals surface area contributed by atoms with Crippen molar-refractivity contribution in [2.75, 3.05) is 32.7 Å². The van der Waals surface area contributed by atoms with Crippen LogP contribution in [-0.4, -0.2) is 68.6 Å². The summed E-state index contributed by atoms with van der Waals surface area (Å²) >= 11 is 0. The molecule has 1 aliphatic heterocycles. The second kappa shape index (κ2) is 10.7. The van der Waals surface area contributed by atoms with Gasteiger partial charge in [-0.3, -0.25) is 9.69 Å². The number of carbonyl (C=O) groups is 1. The summed E-state index contributed by atoms with van der Waals surface area (Å²) in [5.74, 6) is 1.73. The van der Waals surface area contributed by atoms with Gasteiger partial charge >= 0.3 is 0 Å². The minimum absolute atomic E-state index is 0.386. The van der Waals surface area contributed by atoms with E-state index >= 15 is 0 Å². The van der Waals surface area contributed by atoms with E-state index in [0.29, 0.717) is 17.6 Å². The summed E-state index contributed by atoms with van der Waals surface area (Å²) in [6.07, 6.45) is 9.30. The normalized spacial score (nSPS) is 18.2. The van der Waals surface area contributed by atoms with Crippen LogP contribution in [0.1, 0.15) is 51.4 Å². The number of hydrogen-bond acceptors (Lipinski definition) is 5. The molecular weight excluding hydrogens is 376 g/mol. The summed E-state index contributed by atoms with van der Waals surface area (Å²) in [5.41, 5.74) is 1.00. The van der Waals surface area contributed by atoms with Crippen molar-refractivity contribution in [2.45, 2.75) is 57.9 Å². The Morgan fingerprint density at radius 1 is 0.933 bits per heavy atom. The van der Waals surface area contributed by atoms with Gasteiger partial charge in [0.2, 0.25) is 11.7 Å². The molecule has 1 aromatic carbocycles. The standard InChI is InChI=1S/C23H34N6O/c30-22(19-20-9-5-6-10-20)28-17-15-27(16-18-28)13-7-2-8-14-29-25-23(24-26-29)21-11-3-1-4-12-21/h1,3-4,11-12,20H,2,5-10,13-19H2. The van der Waals surface area contributed by atoms with Gasteiger partial charge in [0.25, 0.3) is 0 Å². The predicted octanol–water partition coefficient (Wildman–Crippen LogP) is 3.23. The highest BCUT2D eigenvalue weighted by molar-refractivity contribution is 5.76. The molecule has 7 nitrogen and oxygen atoms in total. The fourth-order valence-corrected chi connectivity index (χ4v) is 4.62. The smallest absolute Gasteiger partial charge is 0.222 e. The molecule has 4 rings (SSSR count). The molecule has 0 unspecified atom stereocenters. The maximum absolute atomic E-state index is 12.5. The Labute approximate surface area is 179 Å². The Balaban J connectivity index is 1.08. The summed E-state index contributed by atoms with van der Waals surface area (Å²) in [4.78, 5) is 18.8. The Morgan fingerprint density at radius 2 is 1.67 bits per heavy atom. The fraction of sp³-hybridized carbons (Fsp3) is 0.652. The van der Waals surface area contributed by atoms with Crippen LogP contribution < -0.4 is 0 Å². The maximum atomic E-state index is 12.5. The number of rotatable bonds is 9. The highest BCUT2D eigenvalue weighted by atomic mass is 16.2. The molecule has 0 atom stereocenters. The lowest BCUT2D eigenvalue weighted by Crippen LogP contribution is -2.49. The third-order valence-corrected chi connectivity index (χ3v) is 6.48. The van der Waals surface area contributed by atoms with Gasteiger partial charge in [0, 0.05) is 38.2 Å². The monoisotopic (exact) mass is 410 g/mol. The van der Waals surface area contributed by atoms with Crippen LogP contribution in [0.4, 0.5) is 0 Å². The molecule has 1 saturated heterocycles. The first-order chi connectivity index (χ1) is 14.8. The Kier molecular flexibility index (Phi) is 7.45. The summed E-state index contributed by atoms with van der Waals surface area (Å²) in [6, 6.07) is 9.97. The molecule has 162 valence electrons. The van der Waals surface area contributed by atoms with Gasteiger partial charge in [-0.25, -0.2) is 0 Å². The third-order valence-electron chi connectivity index (χ3n) is 6.48. The van der Waals surface area contributed by atoms with Crippen molar-refractivity contribution in [1.82, 2.24) is 30.0 Å². The van der Waals surface area contributed by atoms with E-state index in [1.165, 1.54) is 32.1 Å². The van der Waals surface area contributed by atoms with E-state index in [2.05, 4.69) is 25.2 Å². The number of carbonyl (C=O) groups excluding carboxylic acids is 1. The van der Waals surface area contributed by atoms with Crippen LogP contribution in [0, 0.1) is 5.92 Å². The van der Waals surface area contributed by atoms with Crippen molar-refractivity contribution in [1.29, 1.82) is 0 Å². The minimum Gasteiger partial charge on any atom is -0.340 e. The van der Waals surface area contributed by atoms with E-state index in [-0.39, 0.29) is 0 Å². The zero-order chi connectivity index (χ0) is 20.6. The molecule has 2 aromatic rings. The van der Waals surface area contributed by atoms with Crippen LogP contribution in [0.15, 0.2) is 30.3 Å². The topological polar surface area (TPSA) is 67.2 Å². The van der Waals surface area contributed by atoms with Gasteiger partial charge in [-0.1, -0.05) is 49.6 Å². The molecule has 1 saturated carbocycles. The van der Waals surface area contributed by atoms with Crippen LogP contribution in [0.2, 0.25) is 0 Å². The molecule has 2 fully saturated rings. The van der Waals surface area contributed by atoms with Crippen LogP contribution in [0.3, 0.4) is 0 Å². The Bertz CT molecular complexity index is 778. The quantitative estimate of drug-likeness (QED) is 0.594. The molecule has 0 spiro atoms. The number of aromatic nitrogens is 4. The van der Waals surface area contributed by atoms with Crippen molar-refractivity contribution in [3.63, 3.8) is 0 Å². The van der Waals surface area contributed by atoms with Gasteiger partial charge in [-0.05, 0) is 43.4 Å². The number of nitrogens with zero attached hydrogens (tertiary/aromatic N) is 6. The van der Waals surface area contributed by atoms with Crippen molar-refractivity contribution in [3.8, 4) is 11.4 Å². The van der Waals surface area contributed by atoms with Crippen LogP contribution >= 0.6 is 0 Å². The lowest BCUT2D eigenvalue weighted by Gasteiger charge is -2.35. The number of hydrogen-bond donors (Lipinski definition) is 0. The van der Waals surface area contributed by atoms with E-state index in [1.54, 1.807) is 4.80 Å². The molecule has 30 heavy (non-hydrogen) atoms. The number of benzene rings is 1. The molecule has 0 N–H and O–H groups in total. The highest BCUT2D eigenvalue weighted by Crippen LogP contribution is 2.28. The van der Waals surface area contributed by atoms with Crippen LogP contribution in [0.25, 0.3) is 11.4 Å². The van der Waals surface area contributed by atoms with Crippen LogP contribution in [-0.2, 0) is 11.3 Å². The highest BCUT2D eigenvalue weighted by Gasteiger charge is 2.24. The second-order valence-electron chi connectivity index (χ2n) is 8.71. The molecule has 1 amide bonds. The van der Waals surface area contributed by atoms with Gasteiger partial charge in [0.15, 0.2) is 0 Å². The molecule has 0 radical (unpaired) electrons. The van der Waals surface area contributed by atoms with E-state index in [1.807, 2.05) is 30.3 Å². The van der Waals surface area contributed by atoms with E-state index in [9.17, 15) is 4.79 Å². The summed E-state index contributed by atoms with van der Waals surface area (Å²) < 4.78 is 0. The SMILES string of the molecule is O=C(CC1CCCC1)N1CCN(CCCCCn2nnc(-c3ccccc3)n2)CC1.